The van der Waals surface area contributed by atoms with Crippen molar-refractivity contribution in [2.24, 2.45) is 0 Å². The number of benzene rings is 1. The van der Waals surface area contributed by atoms with E-state index in [1.807, 2.05) is 6.92 Å². The summed E-state index contributed by atoms with van der Waals surface area (Å²) in [7, 11) is 1.47. The maximum Gasteiger partial charge on any atom is 0.269 e. The third-order valence-corrected chi connectivity index (χ3v) is 3.77. The van der Waals surface area contributed by atoms with Gasteiger partial charge in [0.05, 0.1) is 25.6 Å². The molecule has 0 unspecified atom stereocenters. The van der Waals surface area contributed by atoms with Crippen molar-refractivity contribution in [2.45, 2.75) is 20.0 Å². The zero-order valence-electron chi connectivity index (χ0n) is 14.0. The van der Waals surface area contributed by atoms with Crippen LogP contribution in [0.4, 0.5) is 4.39 Å². The highest BCUT2D eigenvalue weighted by atomic mass is 19.1. The van der Waals surface area contributed by atoms with Gasteiger partial charge in [-0.2, -0.15) is 5.10 Å². The minimum atomic E-state index is -0.456. The average molecular weight is 343 g/mol. The summed E-state index contributed by atoms with van der Waals surface area (Å²) in [6.07, 6.45) is 1.54. The molecule has 0 aliphatic carbocycles. The first-order chi connectivity index (χ1) is 12.1. The van der Waals surface area contributed by atoms with Crippen molar-refractivity contribution in [1.82, 2.24) is 15.1 Å². The lowest BCUT2D eigenvalue weighted by atomic mass is 10.1. The van der Waals surface area contributed by atoms with Gasteiger partial charge in [-0.3, -0.25) is 9.48 Å². The van der Waals surface area contributed by atoms with Gasteiger partial charge in [0.25, 0.3) is 5.91 Å². The van der Waals surface area contributed by atoms with Gasteiger partial charge in [-0.15, -0.1) is 0 Å². The SMILES string of the molecule is CCn1nc(-c2ccc(OC)cc2F)cc1C(=O)NCc1ccco1. The number of hydrogen-bond acceptors (Lipinski definition) is 4. The lowest BCUT2D eigenvalue weighted by molar-refractivity contribution is 0.0937. The number of methoxy groups -OCH3 is 1. The molecule has 0 spiro atoms. The number of halogens is 1. The lowest BCUT2D eigenvalue weighted by Crippen LogP contribution is -2.25. The first-order valence-corrected chi connectivity index (χ1v) is 7.84. The van der Waals surface area contributed by atoms with Crippen LogP contribution in [0.1, 0.15) is 23.2 Å². The molecule has 0 bridgehead atoms. The van der Waals surface area contributed by atoms with Crippen molar-refractivity contribution in [3.8, 4) is 17.0 Å². The standard InChI is InChI=1S/C18H18FN3O3/c1-3-22-17(18(23)20-11-13-5-4-8-25-13)10-16(21-22)14-7-6-12(24-2)9-15(14)19/h4-10H,3,11H2,1-2H3,(H,20,23). The van der Waals surface area contributed by atoms with Crippen LogP contribution >= 0.6 is 0 Å². The highest BCUT2D eigenvalue weighted by Crippen LogP contribution is 2.26. The molecule has 130 valence electrons. The van der Waals surface area contributed by atoms with E-state index in [1.165, 1.54) is 17.9 Å². The Labute approximate surface area is 144 Å². The first kappa shape index (κ1) is 16.8. The summed E-state index contributed by atoms with van der Waals surface area (Å²) >= 11 is 0. The Hall–Kier alpha value is -3.09. The number of aryl methyl sites for hydroxylation is 1. The number of furan rings is 1. The molecular weight excluding hydrogens is 325 g/mol. The van der Waals surface area contributed by atoms with Crippen LogP contribution in [0.15, 0.2) is 47.1 Å². The smallest absolute Gasteiger partial charge is 0.269 e. The van der Waals surface area contributed by atoms with Gasteiger partial charge in [-0.25, -0.2) is 4.39 Å². The molecule has 0 atom stereocenters. The van der Waals surface area contributed by atoms with E-state index in [0.29, 0.717) is 35.0 Å². The molecule has 3 rings (SSSR count). The number of nitrogens with zero attached hydrogens (tertiary/aromatic N) is 2. The Morgan fingerprint density at radius 2 is 2.20 bits per heavy atom. The van der Waals surface area contributed by atoms with Crippen LogP contribution in [-0.4, -0.2) is 22.8 Å². The Kier molecular flexibility index (Phi) is 4.83. The average Bonchev–Trinajstić information content (AvgIpc) is 3.29. The number of hydrogen-bond donors (Lipinski definition) is 1. The van der Waals surface area contributed by atoms with Crippen molar-refractivity contribution >= 4 is 5.91 Å². The van der Waals surface area contributed by atoms with Crippen molar-refractivity contribution < 1.29 is 18.3 Å². The number of amides is 1. The van der Waals surface area contributed by atoms with Crippen molar-refractivity contribution in [1.29, 1.82) is 0 Å². The van der Waals surface area contributed by atoms with Crippen LogP contribution in [0.5, 0.6) is 5.75 Å². The van der Waals surface area contributed by atoms with Gasteiger partial charge in [0.1, 0.15) is 23.0 Å². The second-order valence-electron chi connectivity index (χ2n) is 5.34. The quantitative estimate of drug-likeness (QED) is 0.746. The fourth-order valence-electron chi connectivity index (χ4n) is 2.47. The van der Waals surface area contributed by atoms with E-state index in [1.54, 1.807) is 36.6 Å². The molecule has 6 nitrogen and oxygen atoms in total. The summed E-state index contributed by atoms with van der Waals surface area (Å²) in [6, 6.07) is 9.63. The molecular formula is C18H18FN3O3. The van der Waals surface area contributed by atoms with Crippen molar-refractivity contribution in [2.75, 3.05) is 7.11 Å². The van der Waals surface area contributed by atoms with Crippen molar-refractivity contribution in [3.63, 3.8) is 0 Å². The highest BCUT2D eigenvalue weighted by Gasteiger charge is 2.18. The van der Waals surface area contributed by atoms with E-state index < -0.39 is 5.82 Å². The van der Waals surface area contributed by atoms with Crippen LogP contribution in [0.25, 0.3) is 11.3 Å². The van der Waals surface area contributed by atoms with Gasteiger partial charge in [0.15, 0.2) is 0 Å². The number of carbonyl (C=O) groups excluding carboxylic acids is 1. The second-order valence-corrected chi connectivity index (χ2v) is 5.34. The monoisotopic (exact) mass is 343 g/mol. The van der Waals surface area contributed by atoms with Crippen LogP contribution in [-0.2, 0) is 13.1 Å². The van der Waals surface area contributed by atoms with Gasteiger partial charge in [-0.05, 0) is 37.3 Å². The molecule has 2 heterocycles. The minimum Gasteiger partial charge on any atom is -0.497 e. The van der Waals surface area contributed by atoms with Crippen molar-refractivity contribution in [3.05, 3.63) is 59.9 Å². The van der Waals surface area contributed by atoms with Gasteiger partial charge in [-0.1, -0.05) is 0 Å². The summed E-state index contributed by atoms with van der Waals surface area (Å²) in [4.78, 5) is 12.4. The van der Waals surface area contributed by atoms with Crippen LogP contribution in [0.3, 0.4) is 0 Å². The molecule has 1 aromatic carbocycles. The third-order valence-electron chi connectivity index (χ3n) is 3.77. The number of nitrogens with one attached hydrogen (secondary N) is 1. The fourth-order valence-corrected chi connectivity index (χ4v) is 2.47. The molecule has 3 aromatic rings. The number of aromatic nitrogens is 2. The fraction of sp³-hybridized carbons (Fsp3) is 0.222. The minimum absolute atomic E-state index is 0.271. The number of ether oxygens (including phenoxy) is 1. The lowest BCUT2D eigenvalue weighted by Gasteiger charge is -2.04. The predicted molar refractivity (Wildman–Crippen MR) is 89.7 cm³/mol. The summed E-state index contributed by atoms with van der Waals surface area (Å²) in [5.74, 6) is 0.318. The molecule has 7 heteroatoms. The molecule has 0 fully saturated rings. The predicted octanol–water partition coefficient (Wildman–Crippen LogP) is 3.24. The summed E-state index contributed by atoms with van der Waals surface area (Å²) in [6.45, 7) is 2.62. The molecule has 2 aromatic heterocycles. The summed E-state index contributed by atoms with van der Waals surface area (Å²) in [5, 5.41) is 7.10. The molecule has 0 saturated heterocycles. The molecule has 0 aliphatic heterocycles. The molecule has 1 N–H and O–H groups in total. The molecule has 25 heavy (non-hydrogen) atoms. The normalized spacial score (nSPS) is 10.7. The van der Waals surface area contributed by atoms with E-state index in [4.69, 9.17) is 9.15 Å². The largest absolute Gasteiger partial charge is 0.497 e. The molecule has 0 radical (unpaired) electrons. The first-order valence-electron chi connectivity index (χ1n) is 7.84. The van der Waals surface area contributed by atoms with Gasteiger partial charge >= 0.3 is 0 Å². The third kappa shape index (κ3) is 3.55. The van der Waals surface area contributed by atoms with Gasteiger partial charge in [0, 0.05) is 18.2 Å². The van der Waals surface area contributed by atoms with E-state index >= 15 is 0 Å². The zero-order valence-corrected chi connectivity index (χ0v) is 14.0. The molecule has 0 aliphatic rings. The van der Waals surface area contributed by atoms with E-state index in [2.05, 4.69) is 10.4 Å². The Balaban J connectivity index is 1.85. The highest BCUT2D eigenvalue weighted by molar-refractivity contribution is 5.93. The number of rotatable bonds is 6. The van der Waals surface area contributed by atoms with Crippen LogP contribution in [0, 0.1) is 5.82 Å². The molecule has 1 amide bonds. The Morgan fingerprint density at radius 1 is 1.36 bits per heavy atom. The Bertz CT molecular complexity index is 872. The summed E-state index contributed by atoms with van der Waals surface area (Å²) in [5.41, 5.74) is 1.07. The van der Waals surface area contributed by atoms with E-state index in [-0.39, 0.29) is 12.5 Å². The van der Waals surface area contributed by atoms with Crippen LogP contribution < -0.4 is 10.1 Å². The van der Waals surface area contributed by atoms with E-state index in [0.717, 1.165) is 0 Å². The maximum atomic E-state index is 14.3. The van der Waals surface area contributed by atoms with Gasteiger partial charge < -0.3 is 14.5 Å². The van der Waals surface area contributed by atoms with E-state index in [9.17, 15) is 9.18 Å². The second kappa shape index (κ2) is 7.21. The summed E-state index contributed by atoms with van der Waals surface area (Å²) < 4.78 is 26.0. The maximum absolute atomic E-state index is 14.3. The topological polar surface area (TPSA) is 69.3 Å². The van der Waals surface area contributed by atoms with Crippen LogP contribution in [0.2, 0.25) is 0 Å². The number of carbonyl (C=O) groups is 1. The van der Waals surface area contributed by atoms with Gasteiger partial charge in [0.2, 0.25) is 0 Å². The molecule has 0 saturated carbocycles. The zero-order chi connectivity index (χ0) is 17.8. The Morgan fingerprint density at radius 3 is 2.84 bits per heavy atom.